The fourth-order valence-corrected chi connectivity index (χ4v) is 1.80. The lowest BCUT2D eigenvalue weighted by atomic mass is 10.2. The number of carbonyl (C=O) groups excluding carboxylic acids is 1. The highest BCUT2D eigenvalue weighted by Crippen LogP contribution is 2.20. The van der Waals surface area contributed by atoms with Crippen LogP contribution >= 0.6 is 15.9 Å². The molecule has 100 valence electrons. The molecule has 0 radical (unpaired) electrons. The van der Waals surface area contributed by atoms with Crippen LogP contribution in [0.4, 0.5) is 10.1 Å². The summed E-state index contributed by atoms with van der Waals surface area (Å²) in [5.74, 6) is -0.748. The van der Waals surface area contributed by atoms with Gasteiger partial charge in [0.25, 0.3) is 0 Å². The van der Waals surface area contributed by atoms with Gasteiger partial charge in [0, 0.05) is 17.8 Å². The molecule has 1 aromatic heterocycles. The summed E-state index contributed by atoms with van der Waals surface area (Å²) in [7, 11) is 1.28. The molecule has 0 saturated carbocycles. The Labute approximate surface area is 117 Å². The molecule has 0 aliphatic heterocycles. The first-order valence-electron chi connectivity index (χ1n) is 5.45. The van der Waals surface area contributed by atoms with Gasteiger partial charge in [0.05, 0.1) is 17.8 Å². The van der Waals surface area contributed by atoms with Crippen LogP contribution in [0.25, 0.3) is 0 Å². The Morgan fingerprint density at radius 2 is 2.26 bits per heavy atom. The molecule has 0 amide bonds. The second kappa shape index (κ2) is 5.88. The molecule has 0 bridgehead atoms. The number of carbonyl (C=O) groups is 1. The third-order valence-electron chi connectivity index (χ3n) is 2.52. The molecule has 0 saturated heterocycles. The van der Waals surface area contributed by atoms with Crippen molar-refractivity contribution in [3.63, 3.8) is 0 Å². The van der Waals surface area contributed by atoms with E-state index in [2.05, 4.69) is 26.0 Å². The number of hydrogen-bond donors (Lipinski definition) is 1. The highest BCUT2D eigenvalue weighted by atomic mass is 79.9. The van der Waals surface area contributed by atoms with Gasteiger partial charge in [-0.05, 0) is 40.2 Å². The van der Waals surface area contributed by atoms with E-state index < -0.39 is 5.97 Å². The molecule has 2 aromatic rings. The number of benzene rings is 1. The van der Waals surface area contributed by atoms with Crippen LogP contribution in [0.3, 0.4) is 0 Å². The van der Waals surface area contributed by atoms with Crippen LogP contribution in [0.5, 0.6) is 0 Å². The Hall–Kier alpha value is -1.82. The van der Waals surface area contributed by atoms with Gasteiger partial charge in [0.2, 0.25) is 5.76 Å². The minimum Gasteiger partial charge on any atom is -0.463 e. The van der Waals surface area contributed by atoms with Crippen molar-refractivity contribution in [2.24, 2.45) is 0 Å². The van der Waals surface area contributed by atoms with E-state index in [4.69, 9.17) is 4.42 Å². The standard InChI is InChI=1S/C13H11BrFNO3/c1-18-13(17)12-8(4-5-19-12)7-16-9-2-3-10(14)11(15)6-9/h2-6,16H,7H2,1H3. The van der Waals surface area contributed by atoms with E-state index in [1.165, 1.54) is 19.4 Å². The van der Waals surface area contributed by atoms with E-state index in [1.807, 2.05) is 0 Å². The lowest BCUT2D eigenvalue weighted by molar-refractivity contribution is 0.0563. The normalized spacial score (nSPS) is 10.3. The molecule has 0 unspecified atom stereocenters. The van der Waals surface area contributed by atoms with Crippen LogP contribution in [-0.4, -0.2) is 13.1 Å². The lowest BCUT2D eigenvalue weighted by Gasteiger charge is -2.06. The van der Waals surface area contributed by atoms with Crippen LogP contribution in [0.1, 0.15) is 16.1 Å². The second-order valence-corrected chi connectivity index (χ2v) is 4.60. The first-order valence-corrected chi connectivity index (χ1v) is 6.24. The molecule has 1 aromatic carbocycles. The van der Waals surface area contributed by atoms with E-state index >= 15 is 0 Å². The van der Waals surface area contributed by atoms with E-state index in [0.29, 0.717) is 22.3 Å². The number of nitrogens with one attached hydrogen (secondary N) is 1. The Morgan fingerprint density at radius 3 is 2.95 bits per heavy atom. The third-order valence-corrected chi connectivity index (χ3v) is 3.16. The number of anilines is 1. The van der Waals surface area contributed by atoms with Gasteiger partial charge in [-0.1, -0.05) is 0 Å². The molecule has 1 N–H and O–H groups in total. The average Bonchev–Trinajstić information content (AvgIpc) is 2.87. The predicted octanol–water partition coefficient (Wildman–Crippen LogP) is 3.58. The van der Waals surface area contributed by atoms with Gasteiger partial charge < -0.3 is 14.5 Å². The predicted molar refractivity (Wildman–Crippen MR) is 71.5 cm³/mol. The van der Waals surface area contributed by atoms with Crippen molar-refractivity contribution in [3.8, 4) is 0 Å². The summed E-state index contributed by atoms with van der Waals surface area (Å²) < 4.78 is 23.4. The number of ether oxygens (including phenoxy) is 1. The quantitative estimate of drug-likeness (QED) is 0.872. The van der Waals surface area contributed by atoms with Gasteiger partial charge in [-0.2, -0.15) is 0 Å². The molecule has 4 nitrogen and oxygen atoms in total. The van der Waals surface area contributed by atoms with Crippen molar-refractivity contribution in [2.45, 2.75) is 6.54 Å². The SMILES string of the molecule is COC(=O)c1occc1CNc1ccc(Br)c(F)c1. The number of methoxy groups -OCH3 is 1. The molecule has 0 spiro atoms. The average molecular weight is 328 g/mol. The minimum absolute atomic E-state index is 0.146. The number of esters is 1. The lowest BCUT2D eigenvalue weighted by Crippen LogP contribution is -2.06. The van der Waals surface area contributed by atoms with Crippen LogP contribution in [0.15, 0.2) is 39.4 Å². The van der Waals surface area contributed by atoms with Crippen LogP contribution in [0, 0.1) is 5.82 Å². The Bertz CT molecular complexity index is 597. The summed E-state index contributed by atoms with van der Waals surface area (Å²) in [6, 6.07) is 6.36. The van der Waals surface area contributed by atoms with Gasteiger partial charge in [-0.25, -0.2) is 9.18 Å². The number of rotatable bonds is 4. The molecular formula is C13H11BrFNO3. The zero-order valence-electron chi connectivity index (χ0n) is 10.1. The van der Waals surface area contributed by atoms with Crippen molar-refractivity contribution in [2.75, 3.05) is 12.4 Å². The summed E-state index contributed by atoms with van der Waals surface area (Å²) in [4.78, 5) is 11.4. The zero-order valence-corrected chi connectivity index (χ0v) is 11.7. The minimum atomic E-state index is -0.538. The smallest absolute Gasteiger partial charge is 0.374 e. The van der Waals surface area contributed by atoms with E-state index in [-0.39, 0.29) is 11.6 Å². The van der Waals surface area contributed by atoms with Gasteiger partial charge >= 0.3 is 5.97 Å². The van der Waals surface area contributed by atoms with Crippen molar-refractivity contribution in [1.82, 2.24) is 0 Å². The van der Waals surface area contributed by atoms with E-state index in [1.54, 1.807) is 18.2 Å². The monoisotopic (exact) mass is 327 g/mol. The maximum Gasteiger partial charge on any atom is 0.374 e. The van der Waals surface area contributed by atoms with E-state index in [9.17, 15) is 9.18 Å². The molecule has 0 atom stereocenters. The zero-order chi connectivity index (χ0) is 13.8. The van der Waals surface area contributed by atoms with E-state index in [0.717, 1.165) is 0 Å². The summed E-state index contributed by atoms with van der Waals surface area (Å²) in [6.07, 6.45) is 1.41. The maximum absolute atomic E-state index is 13.3. The van der Waals surface area contributed by atoms with Crippen molar-refractivity contribution in [3.05, 3.63) is 52.1 Å². The van der Waals surface area contributed by atoms with Crippen molar-refractivity contribution >= 4 is 27.6 Å². The summed E-state index contributed by atoms with van der Waals surface area (Å²) >= 11 is 3.08. The van der Waals surface area contributed by atoms with Crippen molar-refractivity contribution < 1.29 is 18.3 Å². The number of halogens is 2. The Balaban J connectivity index is 2.08. The molecule has 0 aliphatic rings. The fourth-order valence-electron chi connectivity index (χ4n) is 1.55. The van der Waals surface area contributed by atoms with Crippen LogP contribution < -0.4 is 5.32 Å². The molecule has 6 heteroatoms. The highest BCUT2D eigenvalue weighted by molar-refractivity contribution is 9.10. The molecular weight excluding hydrogens is 317 g/mol. The molecule has 1 heterocycles. The second-order valence-electron chi connectivity index (χ2n) is 3.75. The van der Waals surface area contributed by atoms with Gasteiger partial charge in [-0.3, -0.25) is 0 Å². The topological polar surface area (TPSA) is 51.5 Å². The summed E-state index contributed by atoms with van der Waals surface area (Å²) in [5, 5.41) is 3.01. The fraction of sp³-hybridized carbons (Fsp3) is 0.154. The van der Waals surface area contributed by atoms with Gasteiger partial charge in [-0.15, -0.1) is 0 Å². The largest absolute Gasteiger partial charge is 0.463 e. The Kier molecular flexibility index (Phi) is 4.21. The molecule has 19 heavy (non-hydrogen) atoms. The first kappa shape index (κ1) is 13.6. The Morgan fingerprint density at radius 1 is 1.47 bits per heavy atom. The van der Waals surface area contributed by atoms with Gasteiger partial charge in [0.1, 0.15) is 5.82 Å². The van der Waals surface area contributed by atoms with Crippen LogP contribution in [-0.2, 0) is 11.3 Å². The molecule has 2 rings (SSSR count). The summed E-state index contributed by atoms with van der Waals surface area (Å²) in [6.45, 7) is 0.335. The van der Waals surface area contributed by atoms with Crippen LogP contribution in [0.2, 0.25) is 0 Å². The highest BCUT2D eigenvalue weighted by Gasteiger charge is 2.15. The summed E-state index contributed by atoms with van der Waals surface area (Å²) in [5.41, 5.74) is 1.26. The van der Waals surface area contributed by atoms with Gasteiger partial charge in [0.15, 0.2) is 0 Å². The number of hydrogen-bond acceptors (Lipinski definition) is 4. The molecule has 0 fully saturated rings. The third kappa shape index (κ3) is 3.14. The molecule has 0 aliphatic carbocycles. The number of furan rings is 1. The first-order chi connectivity index (χ1) is 9.11. The maximum atomic E-state index is 13.3. The van der Waals surface area contributed by atoms with Crippen molar-refractivity contribution in [1.29, 1.82) is 0 Å².